The molecule has 1 fully saturated rings. The largest absolute Gasteiger partial charge is 0.508 e. The monoisotopic (exact) mass is 316 g/mol. The minimum Gasteiger partial charge on any atom is -0.508 e. The Morgan fingerprint density at radius 2 is 2.05 bits per heavy atom. The molecule has 1 unspecified atom stereocenters. The van der Waals surface area contributed by atoms with E-state index >= 15 is 0 Å². The van der Waals surface area contributed by atoms with Crippen LogP contribution in [-0.2, 0) is 4.79 Å². The number of benzene rings is 1. The van der Waals surface area contributed by atoms with E-state index in [4.69, 9.17) is 5.73 Å². The Morgan fingerprint density at radius 1 is 1.45 bits per heavy atom. The second-order valence-electron chi connectivity index (χ2n) is 5.23. The van der Waals surface area contributed by atoms with Crippen molar-refractivity contribution < 1.29 is 9.90 Å². The highest BCUT2D eigenvalue weighted by Gasteiger charge is 2.41. The number of phenols is 1. The molecule has 0 heterocycles. The molecule has 4 nitrogen and oxygen atoms in total. The molecule has 0 aliphatic heterocycles. The van der Waals surface area contributed by atoms with Crippen molar-refractivity contribution in [1.29, 1.82) is 0 Å². The fourth-order valence-corrected chi connectivity index (χ4v) is 2.78. The van der Waals surface area contributed by atoms with E-state index in [-0.39, 0.29) is 29.6 Å². The Balaban J connectivity index is 0.00000200. The molecule has 1 aromatic carbocycles. The molecule has 0 aromatic heterocycles. The topological polar surface area (TPSA) is 75.3 Å². The van der Waals surface area contributed by atoms with E-state index in [1.807, 2.05) is 6.92 Å². The van der Waals surface area contributed by atoms with Gasteiger partial charge >= 0.3 is 0 Å². The summed E-state index contributed by atoms with van der Waals surface area (Å²) in [6, 6.07) is 6.84. The van der Waals surface area contributed by atoms with Gasteiger partial charge in [-0.05, 0) is 49.9 Å². The summed E-state index contributed by atoms with van der Waals surface area (Å²) < 4.78 is 0. The van der Waals surface area contributed by atoms with Crippen LogP contribution in [0.4, 0.5) is 0 Å². The lowest BCUT2D eigenvalue weighted by Crippen LogP contribution is -2.53. The maximum Gasteiger partial charge on any atom is 0.230 e. The summed E-state index contributed by atoms with van der Waals surface area (Å²) in [5, 5.41) is 12.2. The summed E-state index contributed by atoms with van der Waals surface area (Å²) in [5.41, 5.74) is 5.51. The Bertz CT molecular complexity index is 451. The number of phenolic OH excluding ortho intramolecular Hbond substituents is 1. The van der Waals surface area contributed by atoms with Crippen molar-refractivity contribution in [2.45, 2.75) is 30.2 Å². The van der Waals surface area contributed by atoms with Gasteiger partial charge in [-0.15, -0.1) is 24.2 Å². The zero-order chi connectivity index (χ0) is 13.9. The SMILES string of the molecule is CC(CN)(NC(=O)CSc1ccc(O)cc1)C1CC1.Cl. The van der Waals surface area contributed by atoms with Crippen LogP contribution < -0.4 is 11.1 Å². The normalized spacial score (nSPS) is 16.9. The second-order valence-corrected chi connectivity index (χ2v) is 6.28. The molecule has 1 aliphatic carbocycles. The van der Waals surface area contributed by atoms with Gasteiger partial charge < -0.3 is 16.2 Å². The van der Waals surface area contributed by atoms with Crippen LogP contribution in [0.2, 0.25) is 0 Å². The summed E-state index contributed by atoms with van der Waals surface area (Å²) >= 11 is 1.46. The minimum absolute atomic E-state index is 0. The van der Waals surface area contributed by atoms with Crippen LogP contribution in [0.1, 0.15) is 19.8 Å². The Morgan fingerprint density at radius 3 is 2.55 bits per heavy atom. The standard InChI is InChI=1S/C14H20N2O2S.ClH/c1-14(9-15,10-2-3-10)16-13(18)8-19-12-6-4-11(17)5-7-12;/h4-7,10,17H,2-3,8-9,15H2,1H3,(H,16,18);1H. The summed E-state index contributed by atoms with van der Waals surface area (Å²) in [5.74, 6) is 1.14. The smallest absolute Gasteiger partial charge is 0.230 e. The van der Waals surface area contributed by atoms with Crippen molar-refractivity contribution in [3.05, 3.63) is 24.3 Å². The van der Waals surface area contributed by atoms with Crippen LogP contribution in [0.5, 0.6) is 5.75 Å². The third-order valence-corrected chi connectivity index (χ3v) is 4.55. The van der Waals surface area contributed by atoms with E-state index in [0.717, 1.165) is 17.7 Å². The van der Waals surface area contributed by atoms with Crippen LogP contribution in [0.15, 0.2) is 29.2 Å². The maximum atomic E-state index is 12.0. The van der Waals surface area contributed by atoms with Crippen molar-refractivity contribution in [3.8, 4) is 5.75 Å². The van der Waals surface area contributed by atoms with Gasteiger partial charge in [0.1, 0.15) is 5.75 Å². The van der Waals surface area contributed by atoms with Gasteiger partial charge in [0.25, 0.3) is 0 Å². The molecule has 1 atom stereocenters. The second kappa shape index (κ2) is 7.20. The van der Waals surface area contributed by atoms with Gasteiger partial charge in [0, 0.05) is 11.4 Å². The molecule has 0 bridgehead atoms. The number of thioether (sulfide) groups is 1. The molecule has 6 heteroatoms. The first-order chi connectivity index (χ1) is 9.03. The number of carbonyl (C=O) groups is 1. The van der Waals surface area contributed by atoms with Gasteiger partial charge in [-0.1, -0.05) is 0 Å². The summed E-state index contributed by atoms with van der Waals surface area (Å²) in [7, 11) is 0. The van der Waals surface area contributed by atoms with Gasteiger partial charge in [-0.2, -0.15) is 0 Å². The first-order valence-corrected chi connectivity index (χ1v) is 7.45. The molecule has 0 radical (unpaired) electrons. The number of aromatic hydroxyl groups is 1. The van der Waals surface area contributed by atoms with Gasteiger partial charge in [0.2, 0.25) is 5.91 Å². The predicted octanol–water partition coefficient (Wildman–Crippen LogP) is 2.15. The molecule has 1 aliphatic rings. The third-order valence-electron chi connectivity index (χ3n) is 3.53. The van der Waals surface area contributed by atoms with E-state index in [0.29, 0.717) is 18.2 Å². The average Bonchev–Trinajstić information content (AvgIpc) is 3.22. The molecule has 1 aromatic rings. The summed E-state index contributed by atoms with van der Waals surface area (Å²) in [6.07, 6.45) is 2.30. The van der Waals surface area contributed by atoms with E-state index in [1.54, 1.807) is 24.3 Å². The van der Waals surface area contributed by atoms with Crippen LogP contribution >= 0.6 is 24.2 Å². The lowest BCUT2D eigenvalue weighted by Gasteiger charge is -2.29. The van der Waals surface area contributed by atoms with Gasteiger partial charge in [-0.25, -0.2) is 0 Å². The lowest BCUT2D eigenvalue weighted by molar-refractivity contribution is -0.120. The average molecular weight is 317 g/mol. The summed E-state index contributed by atoms with van der Waals surface area (Å²) in [4.78, 5) is 12.9. The molecule has 20 heavy (non-hydrogen) atoms. The highest BCUT2D eigenvalue weighted by atomic mass is 35.5. The number of amides is 1. The number of carbonyl (C=O) groups excluding carboxylic acids is 1. The molecule has 112 valence electrons. The third kappa shape index (κ3) is 4.58. The predicted molar refractivity (Wildman–Crippen MR) is 84.4 cm³/mol. The van der Waals surface area contributed by atoms with Crippen LogP contribution in [-0.4, -0.2) is 28.9 Å². The van der Waals surface area contributed by atoms with Crippen molar-refractivity contribution in [3.63, 3.8) is 0 Å². The highest BCUT2D eigenvalue weighted by molar-refractivity contribution is 8.00. The molecule has 0 saturated heterocycles. The number of hydrogen-bond acceptors (Lipinski definition) is 4. The fourth-order valence-electron chi connectivity index (χ4n) is 2.09. The van der Waals surface area contributed by atoms with Crippen molar-refractivity contribution in [2.24, 2.45) is 11.7 Å². The number of nitrogens with two attached hydrogens (primary N) is 1. The maximum absolute atomic E-state index is 12.0. The zero-order valence-electron chi connectivity index (χ0n) is 11.5. The number of nitrogens with one attached hydrogen (secondary N) is 1. The molecule has 2 rings (SSSR count). The zero-order valence-corrected chi connectivity index (χ0v) is 13.1. The fraction of sp³-hybridized carbons (Fsp3) is 0.500. The first-order valence-electron chi connectivity index (χ1n) is 6.46. The molecule has 1 amide bonds. The van der Waals surface area contributed by atoms with Crippen LogP contribution in [0.25, 0.3) is 0 Å². The van der Waals surface area contributed by atoms with E-state index in [2.05, 4.69) is 5.32 Å². The Labute approximate surface area is 129 Å². The van der Waals surface area contributed by atoms with Crippen molar-refractivity contribution in [1.82, 2.24) is 5.32 Å². The Kier molecular flexibility index (Phi) is 6.17. The molecule has 0 spiro atoms. The van der Waals surface area contributed by atoms with E-state index in [9.17, 15) is 9.90 Å². The lowest BCUT2D eigenvalue weighted by atomic mass is 9.96. The molecule has 4 N–H and O–H groups in total. The number of hydrogen-bond donors (Lipinski definition) is 3. The van der Waals surface area contributed by atoms with Gasteiger partial charge in [-0.3, -0.25) is 4.79 Å². The van der Waals surface area contributed by atoms with Crippen LogP contribution in [0.3, 0.4) is 0 Å². The van der Waals surface area contributed by atoms with Gasteiger partial charge in [0.15, 0.2) is 0 Å². The van der Waals surface area contributed by atoms with Crippen molar-refractivity contribution >= 4 is 30.1 Å². The van der Waals surface area contributed by atoms with E-state index in [1.165, 1.54) is 11.8 Å². The molecular weight excluding hydrogens is 296 g/mol. The highest BCUT2D eigenvalue weighted by Crippen LogP contribution is 2.39. The number of halogens is 1. The molecular formula is C14H21ClN2O2S. The van der Waals surface area contributed by atoms with Crippen molar-refractivity contribution in [2.75, 3.05) is 12.3 Å². The van der Waals surface area contributed by atoms with E-state index < -0.39 is 0 Å². The quantitative estimate of drug-likeness (QED) is 0.703. The van der Waals surface area contributed by atoms with Gasteiger partial charge in [0.05, 0.1) is 11.3 Å². The molecule has 1 saturated carbocycles. The first kappa shape index (κ1) is 17.1. The Hall–Kier alpha value is -0.910. The minimum atomic E-state index is -0.257. The summed E-state index contributed by atoms with van der Waals surface area (Å²) in [6.45, 7) is 2.50. The number of rotatable bonds is 6. The van der Waals surface area contributed by atoms with Crippen LogP contribution in [0, 0.1) is 5.92 Å².